The number of rotatable bonds is 4. The number of ether oxygens (including phenoxy) is 1. The number of aromatic nitrogens is 2. The zero-order valence-corrected chi connectivity index (χ0v) is 10.4. The van der Waals surface area contributed by atoms with Gasteiger partial charge < -0.3 is 10.1 Å². The zero-order chi connectivity index (χ0) is 12.3. The highest BCUT2D eigenvalue weighted by Gasteiger charge is 2.17. The van der Waals surface area contributed by atoms with E-state index in [4.69, 9.17) is 4.74 Å². The lowest BCUT2D eigenvalue weighted by Gasteiger charge is -2.23. The Morgan fingerprint density at radius 2 is 2.53 bits per heavy atom. The maximum absolute atomic E-state index is 11.9. The summed E-state index contributed by atoms with van der Waals surface area (Å²) in [6.07, 6.45) is 0.986. The van der Waals surface area contributed by atoms with E-state index in [9.17, 15) is 4.79 Å². The molecule has 1 aliphatic rings. The van der Waals surface area contributed by atoms with Crippen molar-refractivity contribution in [2.75, 3.05) is 19.8 Å². The summed E-state index contributed by atoms with van der Waals surface area (Å²) in [7, 11) is 1.87. The van der Waals surface area contributed by atoms with E-state index in [-0.39, 0.29) is 11.8 Å². The van der Waals surface area contributed by atoms with Gasteiger partial charge in [-0.2, -0.15) is 5.10 Å². The molecule has 2 heterocycles. The molecule has 1 N–H and O–H groups in total. The van der Waals surface area contributed by atoms with Crippen LogP contribution in [0.3, 0.4) is 0 Å². The molecule has 0 amide bonds. The van der Waals surface area contributed by atoms with Gasteiger partial charge in [0, 0.05) is 38.2 Å². The minimum absolute atomic E-state index is 0.172. The molecule has 0 spiro atoms. The Bertz CT molecular complexity index is 394. The second-order valence-corrected chi connectivity index (χ2v) is 4.55. The lowest BCUT2D eigenvalue weighted by Crippen LogP contribution is -2.42. The molecule has 17 heavy (non-hydrogen) atoms. The molecule has 94 valence electrons. The summed E-state index contributed by atoms with van der Waals surface area (Å²) in [4.78, 5) is 11.9. The summed E-state index contributed by atoms with van der Waals surface area (Å²) in [5.41, 5.74) is 1.93. The van der Waals surface area contributed by atoms with E-state index in [1.54, 1.807) is 4.68 Å². The smallest absolute Gasteiger partial charge is 0.140 e. The van der Waals surface area contributed by atoms with Crippen LogP contribution in [-0.4, -0.2) is 41.4 Å². The van der Waals surface area contributed by atoms with Gasteiger partial charge in [0.2, 0.25) is 0 Å². The molecule has 1 aromatic rings. The number of nitrogens with zero attached hydrogens (tertiary/aromatic N) is 2. The largest absolute Gasteiger partial charge is 0.379 e. The van der Waals surface area contributed by atoms with Gasteiger partial charge in [-0.15, -0.1) is 0 Å². The molecule has 2 rings (SSSR count). The van der Waals surface area contributed by atoms with Crippen LogP contribution >= 0.6 is 0 Å². The molecule has 5 nitrogen and oxygen atoms in total. The van der Waals surface area contributed by atoms with Crippen molar-refractivity contribution >= 4 is 5.78 Å². The number of aryl methyl sites for hydroxylation is 2. The third-order valence-electron chi connectivity index (χ3n) is 2.95. The zero-order valence-electron chi connectivity index (χ0n) is 10.4. The topological polar surface area (TPSA) is 56.1 Å². The number of Topliss-reactive ketones (excluding diaryl/α,β-unsaturated/α-hetero) is 1. The summed E-state index contributed by atoms with van der Waals surface area (Å²) in [5, 5.41) is 7.52. The third-order valence-corrected chi connectivity index (χ3v) is 2.95. The second kappa shape index (κ2) is 5.42. The fraction of sp³-hybridized carbons (Fsp3) is 0.667. The summed E-state index contributed by atoms with van der Waals surface area (Å²) >= 11 is 0. The van der Waals surface area contributed by atoms with Crippen LogP contribution in [0.1, 0.15) is 17.8 Å². The number of carbonyl (C=O) groups excluding carboxylic acids is 1. The Labute approximate surface area is 101 Å². The van der Waals surface area contributed by atoms with Crippen LogP contribution in [0.5, 0.6) is 0 Å². The van der Waals surface area contributed by atoms with Crippen molar-refractivity contribution in [3.63, 3.8) is 0 Å². The van der Waals surface area contributed by atoms with Crippen molar-refractivity contribution < 1.29 is 9.53 Å². The van der Waals surface area contributed by atoms with Gasteiger partial charge in [-0.25, -0.2) is 0 Å². The van der Waals surface area contributed by atoms with Gasteiger partial charge in [-0.3, -0.25) is 9.48 Å². The van der Waals surface area contributed by atoms with E-state index in [1.165, 1.54) is 0 Å². The van der Waals surface area contributed by atoms with Crippen LogP contribution in [0.2, 0.25) is 0 Å². The Morgan fingerprint density at radius 3 is 3.12 bits per heavy atom. The Morgan fingerprint density at radius 1 is 1.71 bits per heavy atom. The maximum atomic E-state index is 11.9. The molecule has 1 unspecified atom stereocenters. The number of carbonyl (C=O) groups is 1. The molecule has 1 aromatic heterocycles. The highest BCUT2D eigenvalue weighted by molar-refractivity contribution is 5.81. The van der Waals surface area contributed by atoms with Gasteiger partial charge >= 0.3 is 0 Å². The van der Waals surface area contributed by atoms with E-state index >= 15 is 0 Å². The van der Waals surface area contributed by atoms with Gasteiger partial charge in [0.1, 0.15) is 5.78 Å². The number of hydrogen-bond acceptors (Lipinski definition) is 4. The van der Waals surface area contributed by atoms with Gasteiger partial charge in [0.05, 0.1) is 18.9 Å². The average Bonchev–Trinajstić information content (AvgIpc) is 2.58. The Balaban J connectivity index is 1.86. The van der Waals surface area contributed by atoms with Crippen molar-refractivity contribution in [1.29, 1.82) is 0 Å². The van der Waals surface area contributed by atoms with Crippen molar-refractivity contribution in [3.8, 4) is 0 Å². The molecule has 1 saturated heterocycles. The number of ketones is 1. The molecule has 0 aliphatic carbocycles. The molecular formula is C12H19N3O2. The molecule has 1 fully saturated rings. The minimum Gasteiger partial charge on any atom is -0.379 e. The number of nitrogens with one attached hydrogen (secondary N) is 1. The number of morpholine rings is 1. The summed E-state index contributed by atoms with van der Waals surface area (Å²) in [6.45, 7) is 4.15. The van der Waals surface area contributed by atoms with Gasteiger partial charge in [0.25, 0.3) is 0 Å². The maximum Gasteiger partial charge on any atom is 0.140 e. The van der Waals surface area contributed by atoms with E-state index in [0.29, 0.717) is 19.4 Å². The standard InChI is InChI=1S/C12H19N3O2/c1-9-5-11(15(2)14-9)7-12(16)6-10-8-17-4-3-13-10/h5,10,13H,3-4,6-8H2,1-2H3. The van der Waals surface area contributed by atoms with Crippen LogP contribution < -0.4 is 5.32 Å². The molecule has 5 heteroatoms. The van der Waals surface area contributed by atoms with Crippen molar-refractivity contribution in [2.45, 2.75) is 25.8 Å². The minimum atomic E-state index is 0.172. The first kappa shape index (κ1) is 12.3. The first-order valence-electron chi connectivity index (χ1n) is 5.97. The molecular weight excluding hydrogens is 218 g/mol. The monoisotopic (exact) mass is 237 g/mol. The van der Waals surface area contributed by atoms with E-state index in [1.807, 2.05) is 20.0 Å². The van der Waals surface area contributed by atoms with Crippen LogP contribution in [-0.2, 0) is 23.0 Å². The average molecular weight is 237 g/mol. The lowest BCUT2D eigenvalue weighted by molar-refractivity contribution is -0.119. The second-order valence-electron chi connectivity index (χ2n) is 4.55. The molecule has 0 bridgehead atoms. The fourth-order valence-electron chi connectivity index (χ4n) is 2.13. The van der Waals surface area contributed by atoms with Crippen molar-refractivity contribution in [1.82, 2.24) is 15.1 Å². The Kier molecular flexibility index (Phi) is 3.91. The van der Waals surface area contributed by atoms with E-state index in [0.717, 1.165) is 24.5 Å². The summed E-state index contributed by atoms with van der Waals surface area (Å²) in [5.74, 6) is 0.232. The molecule has 1 atom stereocenters. The predicted molar refractivity (Wildman–Crippen MR) is 63.9 cm³/mol. The van der Waals surface area contributed by atoms with Gasteiger partial charge in [-0.1, -0.05) is 0 Å². The quantitative estimate of drug-likeness (QED) is 0.814. The fourth-order valence-corrected chi connectivity index (χ4v) is 2.13. The number of hydrogen-bond donors (Lipinski definition) is 1. The van der Waals surface area contributed by atoms with E-state index in [2.05, 4.69) is 10.4 Å². The summed E-state index contributed by atoms with van der Waals surface area (Å²) < 4.78 is 7.10. The first-order valence-corrected chi connectivity index (χ1v) is 5.97. The van der Waals surface area contributed by atoms with Crippen LogP contribution in [0.4, 0.5) is 0 Å². The Hall–Kier alpha value is -1.20. The van der Waals surface area contributed by atoms with Crippen molar-refractivity contribution in [3.05, 3.63) is 17.5 Å². The van der Waals surface area contributed by atoms with Crippen molar-refractivity contribution in [2.24, 2.45) is 7.05 Å². The first-order chi connectivity index (χ1) is 8.15. The van der Waals surface area contributed by atoms with Crippen LogP contribution in [0.15, 0.2) is 6.07 Å². The highest BCUT2D eigenvalue weighted by Crippen LogP contribution is 2.07. The highest BCUT2D eigenvalue weighted by atomic mass is 16.5. The third kappa shape index (κ3) is 3.38. The molecule has 0 aromatic carbocycles. The molecule has 0 saturated carbocycles. The van der Waals surface area contributed by atoms with Crippen LogP contribution in [0.25, 0.3) is 0 Å². The molecule has 1 aliphatic heterocycles. The van der Waals surface area contributed by atoms with Gasteiger partial charge in [-0.05, 0) is 13.0 Å². The van der Waals surface area contributed by atoms with Gasteiger partial charge in [0.15, 0.2) is 0 Å². The molecule has 0 radical (unpaired) electrons. The normalized spacial score (nSPS) is 20.5. The lowest BCUT2D eigenvalue weighted by atomic mass is 10.1. The van der Waals surface area contributed by atoms with Crippen LogP contribution in [0, 0.1) is 6.92 Å². The van der Waals surface area contributed by atoms with E-state index < -0.39 is 0 Å². The predicted octanol–water partition coefficient (Wildman–Crippen LogP) is 0.219. The summed E-state index contributed by atoms with van der Waals surface area (Å²) in [6, 6.07) is 2.13. The SMILES string of the molecule is Cc1cc(CC(=O)CC2COCCN2)n(C)n1.